The van der Waals surface area contributed by atoms with Crippen LogP contribution in [0.1, 0.15) is 45.1 Å². The molecule has 1 atom stereocenters. The minimum atomic E-state index is -0.726. The van der Waals surface area contributed by atoms with E-state index in [0.717, 1.165) is 18.5 Å². The molecule has 0 heterocycles. The number of rotatable bonds is 6. The molecule has 0 spiro atoms. The molecule has 112 valence electrons. The fourth-order valence-electron chi connectivity index (χ4n) is 2.55. The van der Waals surface area contributed by atoms with E-state index in [1.165, 1.54) is 5.56 Å². The molecule has 1 aliphatic rings. The number of anilines is 1. The average Bonchev–Trinajstić information content (AvgIpc) is 3.30. The molecule has 1 aliphatic carbocycles. The third-order valence-electron chi connectivity index (χ3n) is 4.05. The van der Waals surface area contributed by atoms with Crippen LogP contribution in [0, 0.1) is 17.2 Å². The summed E-state index contributed by atoms with van der Waals surface area (Å²) in [6.45, 7) is 6.25. The van der Waals surface area contributed by atoms with Gasteiger partial charge in [0.15, 0.2) is 0 Å². The molecule has 0 saturated heterocycles. The lowest BCUT2D eigenvalue weighted by molar-refractivity contribution is -0.120. The van der Waals surface area contributed by atoms with Crippen LogP contribution in [0.5, 0.6) is 0 Å². The quantitative estimate of drug-likeness (QED) is 0.844. The van der Waals surface area contributed by atoms with Crippen molar-refractivity contribution in [3.05, 3.63) is 29.8 Å². The van der Waals surface area contributed by atoms with E-state index < -0.39 is 5.54 Å². The maximum atomic E-state index is 12.1. The summed E-state index contributed by atoms with van der Waals surface area (Å²) in [5.41, 5.74) is 1.44. The third-order valence-corrected chi connectivity index (χ3v) is 4.05. The minimum absolute atomic E-state index is 0.135. The van der Waals surface area contributed by atoms with Crippen LogP contribution in [0.25, 0.3) is 0 Å². The van der Waals surface area contributed by atoms with E-state index in [0.29, 0.717) is 11.8 Å². The van der Waals surface area contributed by atoms with Gasteiger partial charge in [0.05, 0.1) is 12.6 Å². The number of nitrogens with zero attached hydrogens (tertiary/aromatic N) is 1. The second-order valence-corrected chi connectivity index (χ2v) is 6.23. The Morgan fingerprint density at radius 2 is 2.10 bits per heavy atom. The molecule has 4 heteroatoms. The number of nitriles is 1. The van der Waals surface area contributed by atoms with Gasteiger partial charge in [-0.05, 0) is 43.2 Å². The van der Waals surface area contributed by atoms with E-state index in [-0.39, 0.29) is 12.5 Å². The molecule has 0 aromatic heterocycles. The van der Waals surface area contributed by atoms with E-state index in [2.05, 4.69) is 36.6 Å². The van der Waals surface area contributed by atoms with Gasteiger partial charge >= 0.3 is 0 Å². The molecule has 21 heavy (non-hydrogen) atoms. The zero-order valence-electron chi connectivity index (χ0n) is 12.9. The fourth-order valence-corrected chi connectivity index (χ4v) is 2.55. The lowest BCUT2D eigenvalue weighted by Crippen LogP contribution is -2.48. The SMILES string of the molecule is CC(C)c1ccccc1NCC(=O)NC(C)(C#N)C1CC1. The van der Waals surface area contributed by atoms with Crippen molar-refractivity contribution < 1.29 is 4.79 Å². The van der Waals surface area contributed by atoms with Crippen LogP contribution in [0.15, 0.2) is 24.3 Å². The second kappa shape index (κ2) is 6.17. The van der Waals surface area contributed by atoms with Crippen LogP contribution in [-0.2, 0) is 4.79 Å². The minimum Gasteiger partial charge on any atom is -0.376 e. The number of hydrogen-bond acceptors (Lipinski definition) is 3. The van der Waals surface area contributed by atoms with Crippen molar-refractivity contribution in [2.75, 3.05) is 11.9 Å². The zero-order valence-corrected chi connectivity index (χ0v) is 12.9. The molecule has 1 saturated carbocycles. The number of nitrogens with one attached hydrogen (secondary N) is 2. The van der Waals surface area contributed by atoms with Gasteiger partial charge in [-0.1, -0.05) is 32.0 Å². The summed E-state index contributed by atoms with van der Waals surface area (Å²) in [6, 6.07) is 10.2. The van der Waals surface area contributed by atoms with Crippen molar-refractivity contribution in [2.45, 2.75) is 45.1 Å². The highest BCUT2D eigenvalue weighted by molar-refractivity contribution is 5.82. The first-order chi connectivity index (χ1) is 9.96. The first-order valence-electron chi connectivity index (χ1n) is 7.51. The van der Waals surface area contributed by atoms with E-state index in [4.69, 9.17) is 0 Å². The Bertz CT molecular complexity index is 557. The number of hydrogen-bond donors (Lipinski definition) is 2. The fraction of sp³-hybridized carbons (Fsp3) is 0.529. The Morgan fingerprint density at radius 3 is 2.67 bits per heavy atom. The number of carbonyl (C=O) groups excluding carboxylic acids is 1. The lowest BCUT2D eigenvalue weighted by Gasteiger charge is -2.23. The summed E-state index contributed by atoms with van der Waals surface area (Å²) < 4.78 is 0. The molecule has 0 bridgehead atoms. The average molecular weight is 285 g/mol. The molecule has 1 amide bonds. The summed E-state index contributed by atoms with van der Waals surface area (Å²) in [6.07, 6.45) is 2.04. The van der Waals surface area contributed by atoms with Gasteiger partial charge in [-0.2, -0.15) is 5.26 Å². The van der Waals surface area contributed by atoms with Crippen molar-refractivity contribution in [2.24, 2.45) is 5.92 Å². The van der Waals surface area contributed by atoms with E-state index in [9.17, 15) is 10.1 Å². The van der Waals surface area contributed by atoms with Crippen molar-refractivity contribution in [3.63, 3.8) is 0 Å². The van der Waals surface area contributed by atoms with Gasteiger partial charge in [0.1, 0.15) is 5.54 Å². The van der Waals surface area contributed by atoms with Crippen LogP contribution in [-0.4, -0.2) is 18.0 Å². The highest BCUT2D eigenvalue weighted by Gasteiger charge is 2.42. The zero-order chi connectivity index (χ0) is 15.5. The Hall–Kier alpha value is -2.02. The van der Waals surface area contributed by atoms with E-state index >= 15 is 0 Å². The largest absolute Gasteiger partial charge is 0.376 e. The molecule has 2 N–H and O–H groups in total. The summed E-state index contributed by atoms with van der Waals surface area (Å²) in [5.74, 6) is 0.562. The molecule has 0 aliphatic heterocycles. The van der Waals surface area contributed by atoms with Gasteiger partial charge in [0.25, 0.3) is 0 Å². The second-order valence-electron chi connectivity index (χ2n) is 6.23. The maximum Gasteiger partial charge on any atom is 0.240 e. The van der Waals surface area contributed by atoms with Gasteiger partial charge in [-0.15, -0.1) is 0 Å². The predicted octanol–water partition coefficient (Wildman–Crippen LogP) is 3.03. The van der Waals surface area contributed by atoms with E-state index in [1.807, 2.05) is 25.1 Å². The highest BCUT2D eigenvalue weighted by Crippen LogP contribution is 2.39. The molecule has 1 fully saturated rings. The van der Waals surface area contributed by atoms with Crippen LogP contribution < -0.4 is 10.6 Å². The van der Waals surface area contributed by atoms with Crippen molar-refractivity contribution in [1.82, 2.24) is 5.32 Å². The summed E-state index contributed by atoms with van der Waals surface area (Å²) in [4.78, 5) is 12.1. The van der Waals surface area contributed by atoms with Crippen molar-refractivity contribution in [1.29, 1.82) is 5.26 Å². The Morgan fingerprint density at radius 1 is 1.43 bits per heavy atom. The first kappa shape index (κ1) is 15.4. The molecule has 2 rings (SSSR count). The summed E-state index contributed by atoms with van der Waals surface area (Å²) in [5, 5.41) is 15.3. The third kappa shape index (κ3) is 3.75. The monoisotopic (exact) mass is 285 g/mol. The van der Waals surface area contributed by atoms with Crippen LogP contribution in [0.3, 0.4) is 0 Å². The smallest absolute Gasteiger partial charge is 0.240 e. The van der Waals surface area contributed by atoms with Crippen LogP contribution >= 0.6 is 0 Å². The maximum absolute atomic E-state index is 12.1. The van der Waals surface area contributed by atoms with Gasteiger partial charge in [-0.25, -0.2) is 0 Å². The Kier molecular flexibility index (Phi) is 4.52. The van der Waals surface area contributed by atoms with Crippen LogP contribution in [0.2, 0.25) is 0 Å². The van der Waals surface area contributed by atoms with Gasteiger partial charge in [-0.3, -0.25) is 4.79 Å². The van der Waals surface area contributed by atoms with E-state index in [1.54, 1.807) is 0 Å². The molecular weight excluding hydrogens is 262 g/mol. The summed E-state index contributed by atoms with van der Waals surface area (Å²) >= 11 is 0. The van der Waals surface area contributed by atoms with Gasteiger partial charge < -0.3 is 10.6 Å². The number of amides is 1. The van der Waals surface area contributed by atoms with Crippen molar-refractivity contribution in [3.8, 4) is 6.07 Å². The molecule has 1 aromatic rings. The topological polar surface area (TPSA) is 64.9 Å². The number of carbonyl (C=O) groups is 1. The highest BCUT2D eigenvalue weighted by atomic mass is 16.2. The van der Waals surface area contributed by atoms with Crippen molar-refractivity contribution >= 4 is 11.6 Å². The molecule has 0 radical (unpaired) electrons. The van der Waals surface area contributed by atoms with Crippen LogP contribution in [0.4, 0.5) is 5.69 Å². The predicted molar refractivity (Wildman–Crippen MR) is 83.9 cm³/mol. The standard InChI is InChI=1S/C17H23N3O/c1-12(2)14-6-4-5-7-15(14)19-10-16(21)20-17(3,11-18)13-8-9-13/h4-7,12-13,19H,8-10H2,1-3H3,(H,20,21). The Labute approximate surface area is 126 Å². The molecule has 4 nitrogen and oxygen atoms in total. The number of benzene rings is 1. The number of para-hydroxylation sites is 1. The first-order valence-corrected chi connectivity index (χ1v) is 7.51. The lowest BCUT2D eigenvalue weighted by atomic mass is 9.98. The summed E-state index contributed by atoms with van der Waals surface area (Å²) in [7, 11) is 0. The molecular formula is C17H23N3O. The van der Waals surface area contributed by atoms with Gasteiger partial charge in [0, 0.05) is 5.69 Å². The molecule has 1 aromatic carbocycles. The molecule has 1 unspecified atom stereocenters. The Balaban J connectivity index is 1.94. The normalized spacial score (nSPS) is 16.9. The van der Waals surface area contributed by atoms with Gasteiger partial charge in [0.2, 0.25) is 5.91 Å².